The number of hydrogen-bond acceptors (Lipinski definition) is 3. The summed E-state index contributed by atoms with van der Waals surface area (Å²) in [7, 11) is 0. The molecule has 4 nitrogen and oxygen atoms in total. The van der Waals surface area contributed by atoms with E-state index in [1.807, 2.05) is 20.8 Å². The highest BCUT2D eigenvalue weighted by Gasteiger charge is 2.37. The van der Waals surface area contributed by atoms with Crippen molar-refractivity contribution in [3.63, 3.8) is 0 Å². The molecule has 0 heterocycles. The van der Waals surface area contributed by atoms with Crippen molar-refractivity contribution in [2.45, 2.75) is 240 Å². The third kappa shape index (κ3) is 26.6. The maximum atomic E-state index is 12.6. The van der Waals surface area contributed by atoms with Gasteiger partial charge in [-0.05, 0) is 57.8 Å². The van der Waals surface area contributed by atoms with Gasteiger partial charge in [0.2, 0.25) is 0 Å². The average Bonchev–Trinajstić information content (AvgIpc) is 2.96. The second-order valence-corrected chi connectivity index (χ2v) is 15.5. The minimum absolute atomic E-state index is 0.0250. The molecule has 0 aromatic carbocycles. The Morgan fingerprint density at radius 2 is 0.886 bits per heavy atom. The lowest BCUT2D eigenvalue weighted by atomic mass is 9.71. The van der Waals surface area contributed by atoms with Crippen LogP contribution in [0, 0.1) is 11.3 Å². The van der Waals surface area contributed by atoms with E-state index in [2.05, 4.69) is 27.7 Å². The topological polar surface area (TPSA) is 55.8 Å². The first-order valence-electron chi connectivity index (χ1n) is 19.7. The average molecular weight is 625 g/mol. The number of carboxylic acid groups (broad SMARTS) is 1. The second-order valence-electron chi connectivity index (χ2n) is 15.5. The van der Waals surface area contributed by atoms with Gasteiger partial charge in [0, 0.05) is 0 Å². The molecule has 2 atom stereocenters. The molecular weight excluding hydrogens is 544 g/mol. The van der Waals surface area contributed by atoms with Crippen molar-refractivity contribution in [3.05, 3.63) is 0 Å². The van der Waals surface area contributed by atoms with Gasteiger partial charge in [0.05, 0.1) is 5.60 Å². The third-order valence-corrected chi connectivity index (χ3v) is 9.52. The zero-order chi connectivity index (χ0) is 32.9. The highest BCUT2D eigenvalue weighted by atomic mass is 17.2. The smallest absolute Gasteiger partial charge is 0.336 e. The standard InChI is InChI=1S/C40H80O4/c1-8-11-14-17-20-23-26-29-32-36(37(38(41)42)43-44-39(4,5)6)35-40(7,33-30-27-24-21-18-15-12-9-2)34-31-28-25-22-19-16-13-10-3/h36-37H,8-35H2,1-7H3,(H,41,42). The van der Waals surface area contributed by atoms with Crippen LogP contribution in [-0.4, -0.2) is 22.8 Å². The molecule has 0 aromatic heterocycles. The Kier molecular flexibility index (Phi) is 28.2. The van der Waals surface area contributed by atoms with E-state index in [9.17, 15) is 9.90 Å². The molecule has 44 heavy (non-hydrogen) atoms. The lowest BCUT2D eigenvalue weighted by Crippen LogP contribution is -2.38. The molecule has 4 heteroatoms. The van der Waals surface area contributed by atoms with Crippen molar-refractivity contribution >= 4 is 5.97 Å². The molecule has 0 aliphatic rings. The molecule has 0 radical (unpaired) electrons. The Morgan fingerprint density at radius 1 is 0.545 bits per heavy atom. The lowest BCUT2D eigenvalue weighted by molar-refractivity contribution is -0.375. The summed E-state index contributed by atoms with van der Waals surface area (Å²) in [5.74, 6) is -0.900. The van der Waals surface area contributed by atoms with E-state index in [0.29, 0.717) is 0 Å². The molecule has 264 valence electrons. The van der Waals surface area contributed by atoms with E-state index in [1.54, 1.807) is 0 Å². The fraction of sp³-hybridized carbons (Fsp3) is 0.975. The van der Waals surface area contributed by atoms with Crippen LogP contribution in [0.15, 0.2) is 0 Å². The largest absolute Gasteiger partial charge is 0.479 e. The van der Waals surface area contributed by atoms with Gasteiger partial charge in [0.1, 0.15) is 0 Å². The Morgan fingerprint density at radius 3 is 1.23 bits per heavy atom. The molecule has 0 aliphatic heterocycles. The quantitative estimate of drug-likeness (QED) is 0.0448. The van der Waals surface area contributed by atoms with E-state index in [0.717, 1.165) is 19.3 Å². The second kappa shape index (κ2) is 28.6. The molecular formula is C40H80O4. The number of carboxylic acids is 1. The first-order valence-corrected chi connectivity index (χ1v) is 19.7. The van der Waals surface area contributed by atoms with Gasteiger partial charge in [0.25, 0.3) is 0 Å². The van der Waals surface area contributed by atoms with E-state index in [-0.39, 0.29) is 11.3 Å². The van der Waals surface area contributed by atoms with Crippen molar-refractivity contribution in [3.8, 4) is 0 Å². The normalized spacial score (nSPS) is 13.8. The van der Waals surface area contributed by atoms with Crippen LogP contribution in [-0.2, 0) is 14.6 Å². The zero-order valence-electron chi connectivity index (χ0n) is 31.1. The van der Waals surface area contributed by atoms with Gasteiger partial charge in [0.15, 0.2) is 6.10 Å². The van der Waals surface area contributed by atoms with Gasteiger partial charge < -0.3 is 5.11 Å². The molecule has 0 fully saturated rings. The van der Waals surface area contributed by atoms with Crippen LogP contribution in [0.5, 0.6) is 0 Å². The third-order valence-electron chi connectivity index (χ3n) is 9.52. The van der Waals surface area contributed by atoms with Crippen molar-refractivity contribution in [2.24, 2.45) is 11.3 Å². The Balaban J connectivity index is 5.36. The first kappa shape index (κ1) is 43.4. The summed E-state index contributed by atoms with van der Waals surface area (Å²) >= 11 is 0. The van der Waals surface area contributed by atoms with Crippen LogP contribution < -0.4 is 0 Å². The number of hydrogen-bond donors (Lipinski definition) is 1. The minimum Gasteiger partial charge on any atom is -0.479 e. The summed E-state index contributed by atoms with van der Waals surface area (Å²) in [5.41, 5.74) is -0.387. The monoisotopic (exact) mass is 625 g/mol. The van der Waals surface area contributed by atoms with E-state index >= 15 is 0 Å². The molecule has 0 aromatic rings. The Hall–Kier alpha value is -0.610. The SMILES string of the molecule is CCCCCCCCCCC(CC(C)(CCCCCCCCCC)CCCCCCCCCC)C(OOC(C)(C)C)C(=O)O. The molecule has 0 spiro atoms. The molecule has 0 rings (SSSR count). The maximum absolute atomic E-state index is 12.6. The molecule has 1 N–H and O–H groups in total. The van der Waals surface area contributed by atoms with Gasteiger partial charge in [-0.25, -0.2) is 14.6 Å². The highest BCUT2D eigenvalue weighted by Crippen LogP contribution is 2.41. The van der Waals surface area contributed by atoms with Crippen LogP contribution in [0.3, 0.4) is 0 Å². The first-order chi connectivity index (χ1) is 21.1. The lowest BCUT2D eigenvalue weighted by Gasteiger charge is -2.36. The van der Waals surface area contributed by atoms with E-state index in [1.165, 1.54) is 161 Å². The number of carbonyl (C=O) groups is 1. The summed E-state index contributed by atoms with van der Waals surface area (Å²) in [4.78, 5) is 24.0. The molecule has 0 saturated heterocycles. The predicted octanol–water partition coefficient (Wildman–Crippen LogP) is 13.8. The summed E-state index contributed by atoms with van der Waals surface area (Å²) < 4.78 is 0. The zero-order valence-corrected chi connectivity index (χ0v) is 31.1. The van der Waals surface area contributed by atoms with Gasteiger partial charge in [-0.2, -0.15) is 0 Å². The van der Waals surface area contributed by atoms with Crippen LogP contribution in [0.4, 0.5) is 0 Å². The van der Waals surface area contributed by atoms with Gasteiger partial charge in [-0.3, -0.25) is 0 Å². The number of rotatable bonds is 33. The Bertz CT molecular complexity index is 605. The summed E-state index contributed by atoms with van der Waals surface area (Å²) in [5, 5.41) is 10.3. The van der Waals surface area contributed by atoms with Crippen molar-refractivity contribution in [1.29, 1.82) is 0 Å². The van der Waals surface area contributed by atoms with Crippen LogP contribution in [0.25, 0.3) is 0 Å². The van der Waals surface area contributed by atoms with Gasteiger partial charge in [-0.15, -0.1) is 0 Å². The number of unbranched alkanes of at least 4 members (excludes halogenated alkanes) is 21. The van der Waals surface area contributed by atoms with E-state index in [4.69, 9.17) is 9.78 Å². The van der Waals surface area contributed by atoms with E-state index < -0.39 is 17.7 Å². The van der Waals surface area contributed by atoms with Crippen molar-refractivity contribution in [1.82, 2.24) is 0 Å². The summed E-state index contributed by atoms with van der Waals surface area (Å²) in [6, 6.07) is 0. The molecule has 2 unspecified atom stereocenters. The highest BCUT2D eigenvalue weighted by molar-refractivity contribution is 5.72. The fourth-order valence-electron chi connectivity index (χ4n) is 6.75. The number of aliphatic carboxylic acids is 1. The fourth-order valence-corrected chi connectivity index (χ4v) is 6.75. The molecule has 0 amide bonds. The van der Waals surface area contributed by atoms with Crippen LogP contribution >= 0.6 is 0 Å². The molecule has 0 saturated carbocycles. The summed E-state index contributed by atoms with van der Waals surface area (Å²) in [6.45, 7) is 15.1. The molecule has 0 bridgehead atoms. The predicted molar refractivity (Wildman–Crippen MR) is 191 cm³/mol. The maximum Gasteiger partial charge on any atom is 0.336 e. The van der Waals surface area contributed by atoms with Gasteiger partial charge >= 0.3 is 5.97 Å². The van der Waals surface area contributed by atoms with Crippen LogP contribution in [0.2, 0.25) is 0 Å². The molecule has 0 aliphatic carbocycles. The van der Waals surface area contributed by atoms with Crippen molar-refractivity contribution < 1.29 is 19.7 Å². The van der Waals surface area contributed by atoms with Gasteiger partial charge in [-0.1, -0.05) is 182 Å². The Labute approximate surface area is 276 Å². The summed E-state index contributed by atoms with van der Waals surface area (Å²) in [6.07, 6.45) is 34.7. The minimum atomic E-state index is -0.907. The van der Waals surface area contributed by atoms with Crippen molar-refractivity contribution in [2.75, 3.05) is 0 Å². The van der Waals surface area contributed by atoms with Crippen LogP contribution in [0.1, 0.15) is 228 Å².